The normalized spacial score (nSPS) is 12.5. The molecule has 3 rings (SSSR count). The monoisotopic (exact) mass is 300 g/mol. The molecule has 0 N–H and O–H groups in total. The highest BCUT2D eigenvalue weighted by Crippen LogP contribution is 2.26. The molecule has 0 aliphatic carbocycles. The number of fused-ring (bicyclic) bond motifs is 1. The fourth-order valence-corrected chi connectivity index (χ4v) is 2.31. The van der Waals surface area contributed by atoms with Crippen molar-refractivity contribution in [1.29, 1.82) is 0 Å². The summed E-state index contributed by atoms with van der Waals surface area (Å²) in [6.07, 6.45) is 0.375. The summed E-state index contributed by atoms with van der Waals surface area (Å²) in [5, 5.41) is 4.65. The third-order valence-corrected chi connectivity index (χ3v) is 3.39. The lowest BCUT2D eigenvalue weighted by atomic mass is 10.1. The minimum Gasteiger partial charge on any atom is -0.481 e. The lowest BCUT2D eigenvalue weighted by Gasteiger charge is -2.11. The second-order valence-electron chi connectivity index (χ2n) is 5.04. The van der Waals surface area contributed by atoms with Gasteiger partial charge in [0.25, 0.3) is 5.89 Å². The van der Waals surface area contributed by atoms with E-state index in [0.717, 1.165) is 17.4 Å². The summed E-state index contributed by atoms with van der Waals surface area (Å²) in [6.45, 7) is 5.56. The number of hydrogen-bond donors (Lipinski definition) is 0. The third kappa shape index (κ3) is 2.72. The molecule has 114 valence electrons. The maximum atomic E-state index is 11.6. The minimum atomic E-state index is -0.389. The molecule has 0 fully saturated rings. The van der Waals surface area contributed by atoms with E-state index in [9.17, 15) is 4.79 Å². The zero-order valence-corrected chi connectivity index (χ0v) is 12.6. The van der Waals surface area contributed by atoms with Crippen LogP contribution < -0.4 is 10.4 Å². The van der Waals surface area contributed by atoms with Crippen LogP contribution in [0.25, 0.3) is 11.0 Å². The predicted octanol–water partition coefficient (Wildman–Crippen LogP) is 3.19. The summed E-state index contributed by atoms with van der Waals surface area (Å²) in [7, 11) is 0. The van der Waals surface area contributed by atoms with E-state index in [0.29, 0.717) is 23.0 Å². The Balaban J connectivity index is 1.93. The molecule has 0 bridgehead atoms. The highest BCUT2D eigenvalue weighted by molar-refractivity contribution is 5.81. The van der Waals surface area contributed by atoms with Crippen molar-refractivity contribution in [2.75, 3.05) is 0 Å². The Morgan fingerprint density at radius 3 is 2.82 bits per heavy atom. The SMILES string of the molecule is CCc1cc(=O)oc2cc(OC(C)c3nc(C)no3)ccc12. The first-order valence-corrected chi connectivity index (χ1v) is 7.10. The molecule has 6 heteroatoms. The molecule has 1 aromatic carbocycles. The van der Waals surface area contributed by atoms with Gasteiger partial charge in [0.2, 0.25) is 0 Å². The second-order valence-corrected chi connectivity index (χ2v) is 5.04. The first kappa shape index (κ1) is 14.3. The van der Waals surface area contributed by atoms with E-state index >= 15 is 0 Å². The fourth-order valence-electron chi connectivity index (χ4n) is 2.31. The van der Waals surface area contributed by atoms with Gasteiger partial charge in [0, 0.05) is 17.5 Å². The summed E-state index contributed by atoms with van der Waals surface area (Å²) in [5.74, 6) is 1.54. The Labute approximate surface area is 126 Å². The average molecular weight is 300 g/mol. The largest absolute Gasteiger partial charge is 0.481 e. The van der Waals surface area contributed by atoms with Gasteiger partial charge in [-0.2, -0.15) is 4.98 Å². The molecule has 2 aromatic heterocycles. The number of nitrogens with zero attached hydrogens (tertiary/aromatic N) is 2. The van der Waals surface area contributed by atoms with Crippen molar-refractivity contribution in [3.63, 3.8) is 0 Å². The van der Waals surface area contributed by atoms with Gasteiger partial charge in [0.05, 0.1) is 0 Å². The predicted molar refractivity (Wildman–Crippen MR) is 79.9 cm³/mol. The van der Waals surface area contributed by atoms with Crippen LogP contribution in [0.4, 0.5) is 0 Å². The van der Waals surface area contributed by atoms with Gasteiger partial charge in [-0.3, -0.25) is 0 Å². The van der Waals surface area contributed by atoms with Crippen LogP contribution in [0.15, 0.2) is 38.0 Å². The van der Waals surface area contributed by atoms with Crippen LogP contribution in [-0.4, -0.2) is 10.1 Å². The highest BCUT2D eigenvalue weighted by atomic mass is 16.5. The van der Waals surface area contributed by atoms with Gasteiger partial charge in [0.15, 0.2) is 11.9 Å². The van der Waals surface area contributed by atoms with Crippen LogP contribution >= 0.6 is 0 Å². The summed E-state index contributed by atoms with van der Waals surface area (Å²) >= 11 is 0. The average Bonchev–Trinajstić information content (AvgIpc) is 2.92. The third-order valence-electron chi connectivity index (χ3n) is 3.39. The number of rotatable bonds is 4. The van der Waals surface area contributed by atoms with Crippen LogP contribution in [0.3, 0.4) is 0 Å². The van der Waals surface area contributed by atoms with Gasteiger partial charge in [-0.15, -0.1) is 0 Å². The molecule has 1 unspecified atom stereocenters. The molecule has 0 saturated heterocycles. The van der Waals surface area contributed by atoms with Crippen molar-refractivity contribution in [2.24, 2.45) is 0 Å². The number of aryl methyl sites for hydroxylation is 2. The van der Waals surface area contributed by atoms with Gasteiger partial charge in [0.1, 0.15) is 11.3 Å². The van der Waals surface area contributed by atoms with Crippen molar-refractivity contribution in [1.82, 2.24) is 10.1 Å². The molecule has 0 spiro atoms. The van der Waals surface area contributed by atoms with E-state index in [1.54, 1.807) is 13.0 Å². The van der Waals surface area contributed by atoms with Gasteiger partial charge >= 0.3 is 5.63 Å². The fraction of sp³-hybridized carbons (Fsp3) is 0.312. The molecular weight excluding hydrogens is 284 g/mol. The topological polar surface area (TPSA) is 78.4 Å². The summed E-state index contributed by atoms with van der Waals surface area (Å²) in [4.78, 5) is 15.7. The number of benzene rings is 1. The van der Waals surface area contributed by atoms with E-state index in [4.69, 9.17) is 13.7 Å². The molecule has 0 aliphatic heterocycles. The lowest BCUT2D eigenvalue weighted by molar-refractivity contribution is 0.175. The van der Waals surface area contributed by atoms with E-state index in [1.165, 1.54) is 6.07 Å². The van der Waals surface area contributed by atoms with Crippen LogP contribution in [-0.2, 0) is 6.42 Å². The second kappa shape index (κ2) is 5.63. The van der Waals surface area contributed by atoms with Gasteiger partial charge < -0.3 is 13.7 Å². The Morgan fingerprint density at radius 1 is 1.32 bits per heavy atom. The first-order valence-electron chi connectivity index (χ1n) is 7.10. The molecule has 2 heterocycles. The molecular formula is C16H16N2O4. The van der Waals surface area contributed by atoms with E-state index < -0.39 is 0 Å². The van der Waals surface area contributed by atoms with Crippen molar-refractivity contribution in [3.8, 4) is 5.75 Å². The van der Waals surface area contributed by atoms with Crippen LogP contribution in [0.2, 0.25) is 0 Å². The van der Waals surface area contributed by atoms with Gasteiger partial charge in [-0.05, 0) is 38.0 Å². The molecule has 6 nitrogen and oxygen atoms in total. The molecule has 1 atom stereocenters. The Bertz CT molecular complexity index is 866. The quantitative estimate of drug-likeness (QED) is 0.688. The van der Waals surface area contributed by atoms with Crippen molar-refractivity contribution in [2.45, 2.75) is 33.3 Å². The summed E-state index contributed by atoms with van der Waals surface area (Å²) < 4.78 is 16.1. The zero-order chi connectivity index (χ0) is 15.7. The van der Waals surface area contributed by atoms with Crippen molar-refractivity contribution in [3.05, 3.63) is 52.0 Å². The number of hydrogen-bond acceptors (Lipinski definition) is 6. The number of aromatic nitrogens is 2. The van der Waals surface area contributed by atoms with Crippen LogP contribution in [0.1, 0.15) is 37.2 Å². The Morgan fingerprint density at radius 2 is 2.14 bits per heavy atom. The standard InChI is InChI=1S/C16H16N2O4/c1-4-11-7-15(19)21-14-8-12(5-6-13(11)14)20-9(2)16-17-10(3)18-22-16/h5-9H,4H2,1-3H3. The summed E-state index contributed by atoms with van der Waals surface area (Å²) in [5.41, 5.74) is 1.11. The molecule has 0 aliphatic rings. The van der Waals surface area contributed by atoms with Crippen molar-refractivity contribution < 1.29 is 13.7 Å². The van der Waals surface area contributed by atoms with Gasteiger partial charge in [-0.25, -0.2) is 4.79 Å². The van der Waals surface area contributed by atoms with Crippen LogP contribution in [0.5, 0.6) is 5.75 Å². The minimum absolute atomic E-state index is 0.359. The van der Waals surface area contributed by atoms with Gasteiger partial charge in [-0.1, -0.05) is 12.1 Å². The van der Waals surface area contributed by atoms with Crippen LogP contribution in [0, 0.1) is 6.92 Å². The molecule has 22 heavy (non-hydrogen) atoms. The number of ether oxygens (including phenoxy) is 1. The Kier molecular flexibility index (Phi) is 3.66. The molecule has 0 saturated carbocycles. The first-order chi connectivity index (χ1) is 10.6. The highest BCUT2D eigenvalue weighted by Gasteiger charge is 2.15. The maximum Gasteiger partial charge on any atom is 0.336 e. The lowest BCUT2D eigenvalue weighted by Crippen LogP contribution is -2.04. The van der Waals surface area contributed by atoms with Crippen molar-refractivity contribution >= 4 is 11.0 Å². The van der Waals surface area contributed by atoms with E-state index in [1.807, 2.05) is 26.0 Å². The summed E-state index contributed by atoms with van der Waals surface area (Å²) in [6, 6.07) is 6.95. The zero-order valence-electron chi connectivity index (χ0n) is 12.6. The Hall–Kier alpha value is -2.63. The maximum absolute atomic E-state index is 11.6. The van der Waals surface area contributed by atoms with E-state index in [2.05, 4.69) is 10.1 Å². The van der Waals surface area contributed by atoms with E-state index in [-0.39, 0.29) is 11.7 Å². The molecule has 3 aromatic rings. The smallest absolute Gasteiger partial charge is 0.336 e. The molecule has 0 radical (unpaired) electrons. The molecule has 0 amide bonds.